The molecule has 136 valence electrons. The van der Waals surface area contributed by atoms with E-state index in [4.69, 9.17) is 0 Å². The maximum atomic E-state index is 2.41. The highest BCUT2D eigenvalue weighted by Crippen LogP contribution is 2.24. The van der Waals surface area contributed by atoms with E-state index < -0.39 is 0 Å². The lowest BCUT2D eigenvalue weighted by molar-refractivity contribution is -0.920. The Bertz CT molecular complexity index is 230. The maximum absolute atomic E-state index is 2.41. The molecule has 2 heteroatoms. The van der Waals surface area contributed by atoms with Crippen LogP contribution in [-0.4, -0.2) is 31.2 Å². The second-order valence-electron chi connectivity index (χ2n) is 8.46. The number of hydrogen-bond donors (Lipinski definition) is 0. The van der Waals surface area contributed by atoms with Crippen LogP contribution in [0.25, 0.3) is 0 Å². The topological polar surface area (TPSA) is 0 Å². The summed E-state index contributed by atoms with van der Waals surface area (Å²) in [5, 5.41) is 0. The van der Waals surface area contributed by atoms with E-state index in [0.29, 0.717) is 5.54 Å². The Kier molecular flexibility index (Phi) is 15.2. The number of hydrogen-bond acceptors (Lipinski definition) is 0. The largest absolute Gasteiger partial charge is 1.00 e. The fourth-order valence-corrected chi connectivity index (χ4v) is 2.73. The molecule has 0 fully saturated rings. The normalized spacial score (nSPS) is 12.3. The highest BCUT2D eigenvalue weighted by Gasteiger charge is 2.31. The van der Waals surface area contributed by atoms with E-state index in [1.54, 1.807) is 0 Å². The quantitative estimate of drug-likeness (QED) is 0.337. The lowest BCUT2D eigenvalue weighted by Crippen LogP contribution is -3.00. The summed E-state index contributed by atoms with van der Waals surface area (Å²) in [4.78, 5) is 0. The molecule has 1 nitrogen and oxygen atoms in total. The van der Waals surface area contributed by atoms with Crippen molar-refractivity contribution in [1.82, 2.24) is 0 Å². The average molecular weight is 334 g/mol. The monoisotopic (exact) mass is 333 g/mol. The third-order valence-corrected chi connectivity index (χ3v) is 5.46. The molecule has 0 amide bonds. The molecular weight excluding hydrogens is 290 g/mol. The summed E-state index contributed by atoms with van der Waals surface area (Å²) in [5.41, 5.74) is 0.415. The van der Waals surface area contributed by atoms with Gasteiger partial charge in [-0.05, 0) is 20.3 Å². The van der Waals surface area contributed by atoms with Crippen molar-refractivity contribution in [2.24, 2.45) is 0 Å². The summed E-state index contributed by atoms with van der Waals surface area (Å²) in [6.07, 6.45) is 18.7. The average Bonchev–Trinajstić information content (AvgIpc) is 2.38. The molecule has 0 heterocycles. The van der Waals surface area contributed by atoms with Crippen LogP contribution in [0.15, 0.2) is 0 Å². The standard InChI is InChI=1S/C20H44N.ClH/c1-7-8-9-10-11-12-13-14-15-16-17-18-19-20(2,3)21(4,5)6;/h7-19H2,1-6H3;1H/q+1;/p-1. The minimum absolute atomic E-state index is 0. The molecule has 0 bridgehead atoms. The number of quaternary nitrogens is 1. The first-order valence-corrected chi connectivity index (χ1v) is 9.63. The summed E-state index contributed by atoms with van der Waals surface area (Å²) in [6.45, 7) is 7.11. The highest BCUT2D eigenvalue weighted by molar-refractivity contribution is 4.68. The lowest BCUT2D eigenvalue weighted by atomic mass is 9.93. The van der Waals surface area contributed by atoms with Crippen molar-refractivity contribution in [3.8, 4) is 0 Å². The van der Waals surface area contributed by atoms with Gasteiger partial charge < -0.3 is 16.9 Å². The van der Waals surface area contributed by atoms with Crippen molar-refractivity contribution in [3.05, 3.63) is 0 Å². The Morgan fingerprint density at radius 3 is 1.23 bits per heavy atom. The number of nitrogens with zero attached hydrogens (tertiary/aromatic N) is 1. The van der Waals surface area contributed by atoms with Crippen molar-refractivity contribution < 1.29 is 16.9 Å². The molecule has 0 aliphatic heterocycles. The van der Waals surface area contributed by atoms with E-state index in [0.717, 1.165) is 4.48 Å². The predicted octanol–water partition coefficient (Wildman–Crippen LogP) is 3.57. The fourth-order valence-electron chi connectivity index (χ4n) is 2.73. The first kappa shape index (κ1) is 24.5. The van der Waals surface area contributed by atoms with Crippen molar-refractivity contribution in [1.29, 1.82) is 0 Å². The third kappa shape index (κ3) is 12.8. The first-order chi connectivity index (χ1) is 9.81. The van der Waals surface area contributed by atoms with Gasteiger partial charge in [-0.2, -0.15) is 0 Å². The van der Waals surface area contributed by atoms with Gasteiger partial charge in [-0.1, -0.05) is 77.6 Å². The summed E-state index contributed by atoms with van der Waals surface area (Å²) in [7, 11) is 6.96. The van der Waals surface area contributed by atoms with Crippen molar-refractivity contribution in [3.63, 3.8) is 0 Å². The molecular formula is C20H44ClN. The van der Waals surface area contributed by atoms with E-state index in [-0.39, 0.29) is 12.4 Å². The minimum Gasteiger partial charge on any atom is -1.00 e. The Hall–Kier alpha value is 0.250. The van der Waals surface area contributed by atoms with Gasteiger partial charge in [0.2, 0.25) is 0 Å². The molecule has 22 heavy (non-hydrogen) atoms. The summed E-state index contributed by atoms with van der Waals surface area (Å²) in [5.74, 6) is 0. The Labute approximate surface area is 148 Å². The van der Waals surface area contributed by atoms with Crippen LogP contribution in [0, 0.1) is 0 Å². The smallest absolute Gasteiger partial charge is 0.0929 e. The van der Waals surface area contributed by atoms with Crippen LogP contribution in [-0.2, 0) is 0 Å². The van der Waals surface area contributed by atoms with Crippen molar-refractivity contribution in [2.45, 2.75) is 110 Å². The van der Waals surface area contributed by atoms with Crippen molar-refractivity contribution in [2.75, 3.05) is 21.1 Å². The predicted molar refractivity (Wildman–Crippen MR) is 97.8 cm³/mol. The van der Waals surface area contributed by atoms with Gasteiger partial charge in [-0.15, -0.1) is 0 Å². The van der Waals surface area contributed by atoms with Crippen LogP contribution in [0.1, 0.15) is 104 Å². The van der Waals surface area contributed by atoms with E-state index in [1.165, 1.54) is 83.5 Å². The van der Waals surface area contributed by atoms with Crippen LogP contribution >= 0.6 is 0 Å². The fraction of sp³-hybridized carbons (Fsp3) is 1.00. The lowest BCUT2D eigenvalue weighted by Gasteiger charge is -2.41. The first-order valence-electron chi connectivity index (χ1n) is 9.63. The molecule has 0 saturated heterocycles. The molecule has 0 rings (SSSR count). The Morgan fingerprint density at radius 1 is 0.591 bits per heavy atom. The third-order valence-electron chi connectivity index (χ3n) is 5.46. The molecule has 0 radical (unpaired) electrons. The zero-order valence-electron chi connectivity index (χ0n) is 16.5. The number of unbranched alkanes of at least 4 members (excludes halogenated alkanes) is 11. The molecule has 0 atom stereocenters. The SMILES string of the molecule is CCCCCCCCCCCCCCC(C)(C)[N+](C)(C)C.[Cl-]. The van der Waals surface area contributed by atoms with Gasteiger partial charge in [0.25, 0.3) is 0 Å². The molecule has 0 unspecified atom stereocenters. The summed E-state index contributed by atoms with van der Waals surface area (Å²) < 4.78 is 1.07. The van der Waals surface area contributed by atoms with E-state index in [9.17, 15) is 0 Å². The molecule has 0 spiro atoms. The van der Waals surface area contributed by atoms with Crippen LogP contribution < -0.4 is 12.4 Å². The molecule has 0 aliphatic carbocycles. The Balaban J connectivity index is 0. The zero-order valence-corrected chi connectivity index (χ0v) is 17.3. The van der Waals surface area contributed by atoms with E-state index >= 15 is 0 Å². The highest BCUT2D eigenvalue weighted by atomic mass is 35.5. The van der Waals surface area contributed by atoms with Crippen LogP contribution in [0.2, 0.25) is 0 Å². The number of rotatable bonds is 14. The van der Waals surface area contributed by atoms with E-state index in [2.05, 4.69) is 41.9 Å². The van der Waals surface area contributed by atoms with Gasteiger partial charge in [-0.25, -0.2) is 0 Å². The Morgan fingerprint density at radius 2 is 0.909 bits per heavy atom. The number of halogens is 1. The van der Waals surface area contributed by atoms with Crippen LogP contribution in [0.4, 0.5) is 0 Å². The van der Waals surface area contributed by atoms with Crippen LogP contribution in [0.5, 0.6) is 0 Å². The van der Waals surface area contributed by atoms with Gasteiger partial charge in [0.05, 0.1) is 26.7 Å². The second kappa shape index (κ2) is 13.7. The van der Waals surface area contributed by atoms with Gasteiger partial charge >= 0.3 is 0 Å². The maximum Gasteiger partial charge on any atom is 0.0929 e. The van der Waals surface area contributed by atoms with Crippen LogP contribution in [0.3, 0.4) is 0 Å². The second-order valence-corrected chi connectivity index (χ2v) is 8.46. The summed E-state index contributed by atoms with van der Waals surface area (Å²) in [6, 6.07) is 0. The van der Waals surface area contributed by atoms with Gasteiger partial charge in [0, 0.05) is 6.42 Å². The van der Waals surface area contributed by atoms with E-state index in [1.807, 2.05) is 0 Å². The molecule has 0 aliphatic rings. The molecule has 0 N–H and O–H groups in total. The molecule has 0 aromatic heterocycles. The minimum atomic E-state index is 0. The molecule has 0 saturated carbocycles. The van der Waals surface area contributed by atoms with Gasteiger partial charge in [0.15, 0.2) is 0 Å². The van der Waals surface area contributed by atoms with Gasteiger partial charge in [0.1, 0.15) is 0 Å². The molecule has 0 aromatic rings. The van der Waals surface area contributed by atoms with Gasteiger partial charge in [-0.3, -0.25) is 0 Å². The van der Waals surface area contributed by atoms with Crippen molar-refractivity contribution >= 4 is 0 Å². The summed E-state index contributed by atoms with van der Waals surface area (Å²) >= 11 is 0. The molecule has 0 aromatic carbocycles. The zero-order chi connectivity index (χ0) is 16.2.